The molecule has 0 saturated carbocycles. The molecule has 0 radical (unpaired) electrons. The van der Waals surface area contributed by atoms with Crippen molar-refractivity contribution >= 4 is 34.6 Å². The summed E-state index contributed by atoms with van der Waals surface area (Å²) in [5.74, 6) is -0.0838. The molecule has 1 fully saturated rings. The van der Waals surface area contributed by atoms with Crippen LogP contribution in [0, 0.1) is 0 Å². The smallest absolute Gasteiger partial charge is 0.221 e. The molecule has 1 aromatic carbocycles. The summed E-state index contributed by atoms with van der Waals surface area (Å²) in [6.45, 7) is 3.06. The van der Waals surface area contributed by atoms with Crippen molar-refractivity contribution in [3.05, 3.63) is 24.3 Å². The van der Waals surface area contributed by atoms with Gasteiger partial charge in [-0.25, -0.2) is 0 Å². The molecule has 1 heterocycles. The third-order valence-electron chi connectivity index (χ3n) is 2.98. The predicted molar refractivity (Wildman–Crippen MR) is 83.9 cm³/mol. The fourth-order valence-corrected chi connectivity index (χ4v) is 2.23. The first-order valence-corrected chi connectivity index (χ1v) is 7.08. The average Bonchev–Trinajstić information content (AvgIpc) is 2.91. The minimum Gasteiger partial charge on any atom is -0.376 e. The van der Waals surface area contributed by atoms with Gasteiger partial charge in [0.05, 0.1) is 6.10 Å². The highest BCUT2D eigenvalue weighted by atomic mass is 32.1. The molecule has 1 amide bonds. The van der Waals surface area contributed by atoms with Gasteiger partial charge in [0.2, 0.25) is 5.91 Å². The van der Waals surface area contributed by atoms with E-state index in [1.54, 1.807) is 0 Å². The summed E-state index contributed by atoms with van der Waals surface area (Å²) in [5.41, 5.74) is 1.64. The van der Waals surface area contributed by atoms with E-state index < -0.39 is 0 Å². The molecule has 3 N–H and O–H groups in total. The lowest BCUT2D eigenvalue weighted by molar-refractivity contribution is -0.114. The lowest BCUT2D eigenvalue weighted by atomic mass is 10.2. The second-order valence-corrected chi connectivity index (χ2v) is 5.14. The second kappa shape index (κ2) is 7.21. The number of carbonyl (C=O) groups is 1. The monoisotopic (exact) mass is 293 g/mol. The van der Waals surface area contributed by atoms with Gasteiger partial charge in [-0.05, 0) is 49.3 Å². The van der Waals surface area contributed by atoms with Crippen LogP contribution in [0.3, 0.4) is 0 Å². The Balaban J connectivity index is 1.76. The van der Waals surface area contributed by atoms with E-state index in [9.17, 15) is 4.79 Å². The van der Waals surface area contributed by atoms with Crippen molar-refractivity contribution in [2.24, 2.45) is 0 Å². The summed E-state index contributed by atoms with van der Waals surface area (Å²) >= 11 is 5.23. The van der Waals surface area contributed by atoms with E-state index in [-0.39, 0.29) is 12.0 Å². The summed E-state index contributed by atoms with van der Waals surface area (Å²) in [7, 11) is 0. The molecule has 2 rings (SSSR count). The zero-order valence-corrected chi connectivity index (χ0v) is 12.3. The quantitative estimate of drug-likeness (QED) is 0.742. The lowest BCUT2D eigenvalue weighted by Crippen LogP contribution is -2.34. The van der Waals surface area contributed by atoms with Gasteiger partial charge in [0.25, 0.3) is 0 Å². The molecule has 20 heavy (non-hydrogen) atoms. The summed E-state index contributed by atoms with van der Waals surface area (Å²) in [6.07, 6.45) is 2.47. The van der Waals surface area contributed by atoms with Gasteiger partial charge in [0.1, 0.15) is 0 Å². The molecule has 0 aromatic heterocycles. The van der Waals surface area contributed by atoms with Crippen LogP contribution in [0.15, 0.2) is 24.3 Å². The number of amides is 1. The third-order valence-corrected chi connectivity index (χ3v) is 3.22. The lowest BCUT2D eigenvalue weighted by Gasteiger charge is -2.14. The highest BCUT2D eigenvalue weighted by Crippen LogP contribution is 2.14. The first-order chi connectivity index (χ1) is 9.63. The number of carbonyl (C=O) groups excluding carboxylic acids is 1. The number of anilines is 2. The molecule has 1 aromatic rings. The number of thiocarbonyl (C=S) groups is 1. The summed E-state index contributed by atoms with van der Waals surface area (Å²) < 4.78 is 5.52. The molecule has 0 unspecified atom stereocenters. The fourth-order valence-electron chi connectivity index (χ4n) is 2.03. The van der Waals surface area contributed by atoms with Crippen LogP contribution in [-0.4, -0.2) is 30.3 Å². The molecular formula is C14H19N3O2S. The maximum atomic E-state index is 10.9. The van der Waals surface area contributed by atoms with Crippen molar-refractivity contribution in [3.8, 4) is 0 Å². The predicted octanol–water partition coefficient (Wildman–Crippen LogP) is 2.11. The van der Waals surface area contributed by atoms with E-state index in [1.165, 1.54) is 6.92 Å². The molecule has 0 spiro atoms. The van der Waals surface area contributed by atoms with Crippen LogP contribution in [0.5, 0.6) is 0 Å². The van der Waals surface area contributed by atoms with Crippen molar-refractivity contribution in [2.75, 3.05) is 23.8 Å². The third kappa shape index (κ3) is 4.79. The van der Waals surface area contributed by atoms with Crippen molar-refractivity contribution in [1.82, 2.24) is 5.32 Å². The summed E-state index contributed by atoms with van der Waals surface area (Å²) in [5, 5.41) is 9.54. The molecule has 108 valence electrons. The van der Waals surface area contributed by atoms with Gasteiger partial charge in [0.15, 0.2) is 5.11 Å². The molecule has 1 aliphatic rings. The molecule has 1 saturated heterocycles. The highest BCUT2D eigenvalue weighted by molar-refractivity contribution is 7.80. The van der Waals surface area contributed by atoms with Gasteiger partial charge in [-0.2, -0.15) is 0 Å². The standard InChI is InChI=1S/C14H19N3O2S/c1-10(18)16-11-4-6-12(7-5-11)17-14(20)15-9-13-3-2-8-19-13/h4-7,13H,2-3,8-9H2,1H3,(H,16,18)(H2,15,17,20)/t13-/m0/s1. The Kier molecular flexibility index (Phi) is 5.31. The first-order valence-electron chi connectivity index (χ1n) is 6.67. The van der Waals surface area contributed by atoms with Gasteiger partial charge in [-0.1, -0.05) is 0 Å². The van der Waals surface area contributed by atoms with E-state index in [4.69, 9.17) is 17.0 Å². The Morgan fingerprint density at radius 2 is 1.95 bits per heavy atom. The minimum atomic E-state index is -0.0838. The van der Waals surface area contributed by atoms with Crippen LogP contribution in [0.25, 0.3) is 0 Å². The molecule has 1 aliphatic heterocycles. The molecule has 6 heteroatoms. The van der Waals surface area contributed by atoms with Gasteiger partial charge in [0, 0.05) is 31.5 Å². The molecule has 0 aliphatic carbocycles. The van der Waals surface area contributed by atoms with E-state index in [0.717, 1.165) is 37.4 Å². The zero-order chi connectivity index (χ0) is 14.4. The zero-order valence-electron chi connectivity index (χ0n) is 11.4. The van der Waals surface area contributed by atoms with Crippen LogP contribution >= 0.6 is 12.2 Å². The number of benzene rings is 1. The molecule has 5 nitrogen and oxygen atoms in total. The molecule has 1 atom stereocenters. The van der Waals surface area contributed by atoms with Gasteiger partial charge >= 0.3 is 0 Å². The van der Waals surface area contributed by atoms with Crippen LogP contribution in [-0.2, 0) is 9.53 Å². The summed E-state index contributed by atoms with van der Waals surface area (Å²) in [4.78, 5) is 10.9. The number of rotatable bonds is 4. The summed E-state index contributed by atoms with van der Waals surface area (Å²) in [6, 6.07) is 7.38. The Bertz CT molecular complexity index is 470. The van der Waals surface area contributed by atoms with Crippen LogP contribution in [0.4, 0.5) is 11.4 Å². The molecule has 0 bridgehead atoms. The van der Waals surface area contributed by atoms with Crippen molar-refractivity contribution in [1.29, 1.82) is 0 Å². The van der Waals surface area contributed by atoms with E-state index >= 15 is 0 Å². The van der Waals surface area contributed by atoms with Gasteiger partial charge in [-0.3, -0.25) is 4.79 Å². The number of nitrogens with one attached hydrogen (secondary N) is 3. The molecular weight excluding hydrogens is 274 g/mol. The van der Waals surface area contributed by atoms with Crippen LogP contribution in [0.2, 0.25) is 0 Å². The first kappa shape index (κ1) is 14.7. The Morgan fingerprint density at radius 3 is 2.50 bits per heavy atom. The van der Waals surface area contributed by atoms with Crippen molar-refractivity contribution in [3.63, 3.8) is 0 Å². The van der Waals surface area contributed by atoms with Gasteiger partial charge < -0.3 is 20.7 Å². The SMILES string of the molecule is CC(=O)Nc1ccc(NC(=S)NC[C@@H]2CCCO2)cc1. The van der Waals surface area contributed by atoms with Crippen LogP contribution < -0.4 is 16.0 Å². The number of ether oxygens (including phenoxy) is 1. The Labute approximate surface area is 124 Å². The number of hydrogen-bond donors (Lipinski definition) is 3. The van der Waals surface area contributed by atoms with Crippen molar-refractivity contribution < 1.29 is 9.53 Å². The topological polar surface area (TPSA) is 62.4 Å². The normalized spacial score (nSPS) is 17.6. The average molecular weight is 293 g/mol. The van der Waals surface area contributed by atoms with E-state index in [0.29, 0.717) is 5.11 Å². The minimum absolute atomic E-state index is 0.0838. The Morgan fingerprint density at radius 1 is 1.30 bits per heavy atom. The largest absolute Gasteiger partial charge is 0.376 e. The Hall–Kier alpha value is -1.66. The van der Waals surface area contributed by atoms with Gasteiger partial charge in [-0.15, -0.1) is 0 Å². The maximum absolute atomic E-state index is 10.9. The fraction of sp³-hybridized carbons (Fsp3) is 0.429. The van der Waals surface area contributed by atoms with Crippen molar-refractivity contribution in [2.45, 2.75) is 25.9 Å². The second-order valence-electron chi connectivity index (χ2n) is 4.73. The number of hydrogen-bond acceptors (Lipinski definition) is 3. The van der Waals surface area contributed by atoms with E-state index in [1.807, 2.05) is 24.3 Å². The van der Waals surface area contributed by atoms with E-state index in [2.05, 4.69) is 16.0 Å². The highest BCUT2D eigenvalue weighted by Gasteiger charge is 2.15. The van der Waals surface area contributed by atoms with Crippen LogP contribution in [0.1, 0.15) is 19.8 Å². The maximum Gasteiger partial charge on any atom is 0.221 e.